The molecule has 2 aromatic heterocycles. The van der Waals surface area contributed by atoms with Crippen molar-refractivity contribution < 1.29 is 14.0 Å². The molecule has 2 amide bonds. The van der Waals surface area contributed by atoms with Crippen molar-refractivity contribution in [3.8, 4) is 0 Å². The van der Waals surface area contributed by atoms with Crippen LogP contribution in [0.3, 0.4) is 0 Å². The summed E-state index contributed by atoms with van der Waals surface area (Å²) in [5.41, 5.74) is 3.44. The number of carbonyl (C=O) groups excluding carboxylic acids is 2. The number of hydrogen-bond donors (Lipinski definition) is 2. The van der Waals surface area contributed by atoms with E-state index in [0.29, 0.717) is 28.1 Å². The summed E-state index contributed by atoms with van der Waals surface area (Å²) in [5, 5.41) is 15.0. The molecule has 1 aliphatic carbocycles. The number of hydrogen-bond acceptors (Lipinski definition) is 7. The number of fused-ring (bicyclic) bond motifs is 1. The van der Waals surface area contributed by atoms with Crippen LogP contribution in [0.4, 0.5) is 10.7 Å². The molecule has 0 bridgehead atoms. The molecule has 7 nitrogen and oxygen atoms in total. The number of benzene rings is 2. The number of anilines is 2. The highest BCUT2D eigenvalue weighted by molar-refractivity contribution is 7.99. The van der Waals surface area contributed by atoms with Gasteiger partial charge in [0.05, 0.1) is 17.7 Å². The van der Waals surface area contributed by atoms with Crippen LogP contribution in [-0.2, 0) is 24.1 Å². The van der Waals surface area contributed by atoms with Crippen molar-refractivity contribution in [2.24, 2.45) is 0 Å². The van der Waals surface area contributed by atoms with Crippen molar-refractivity contribution >= 4 is 45.6 Å². The Kier molecular flexibility index (Phi) is 7.25. The number of para-hydroxylation sites is 1. The zero-order valence-corrected chi connectivity index (χ0v) is 20.6. The van der Waals surface area contributed by atoms with E-state index in [1.54, 1.807) is 0 Å². The van der Waals surface area contributed by atoms with Gasteiger partial charge in [-0.05, 0) is 48.9 Å². The highest BCUT2D eigenvalue weighted by Crippen LogP contribution is 2.38. The van der Waals surface area contributed by atoms with Gasteiger partial charge in [-0.2, -0.15) is 0 Å². The third kappa shape index (κ3) is 5.80. The van der Waals surface area contributed by atoms with Gasteiger partial charge >= 0.3 is 0 Å². The fraction of sp³-hybridized carbons (Fsp3) is 0.231. The minimum Gasteiger partial charge on any atom is -0.416 e. The van der Waals surface area contributed by atoms with Crippen LogP contribution in [0.15, 0.2) is 70.3 Å². The first-order valence-electron chi connectivity index (χ1n) is 11.5. The smallest absolute Gasteiger partial charge is 0.277 e. The van der Waals surface area contributed by atoms with Crippen LogP contribution in [0.5, 0.6) is 0 Å². The van der Waals surface area contributed by atoms with E-state index in [2.05, 4.69) is 20.8 Å². The van der Waals surface area contributed by atoms with Crippen LogP contribution in [0.1, 0.15) is 45.1 Å². The molecular weight excluding hydrogens is 480 g/mol. The quantitative estimate of drug-likeness (QED) is 0.304. The molecule has 5 rings (SSSR count). The number of nitrogens with zero attached hydrogens (tertiary/aromatic N) is 2. The number of carbonyl (C=O) groups is 2. The Balaban J connectivity index is 1.24. The molecule has 0 aliphatic heterocycles. The molecule has 0 atom stereocenters. The van der Waals surface area contributed by atoms with Crippen molar-refractivity contribution in [1.82, 2.24) is 10.2 Å². The molecule has 9 heteroatoms. The van der Waals surface area contributed by atoms with Crippen molar-refractivity contribution in [1.29, 1.82) is 0 Å². The first kappa shape index (κ1) is 23.3. The fourth-order valence-electron chi connectivity index (χ4n) is 4.04. The molecule has 0 unspecified atom stereocenters. The van der Waals surface area contributed by atoms with E-state index in [1.807, 2.05) is 60.7 Å². The van der Waals surface area contributed by atoms with Crippen molar-refractivity contribution in [3.05, 3.63) is 88.1 Å². The Morgan fingerprint density at radius 2 is 1.69 bits per heavy atom. The lowest BCUT2D eigenvalue weighted by Gasteiger charge is -2.13. The van der Waals surface area contributed by atoms with Crippen LogP contribution < -0.4 is 10.6 Å². The zero-order valence-electron chi connectivity index (χ0n) is 19.0. The Morgan fingerprint density at radius 1 is 0.943 bits per heavy atom. The van der Waals surface area contributed by atoms with E-state index in [1.165, 1.54) is 28.0 Å². The number of aromatic nitrogens is 2. The van der Waals surface area contributed by atoms with E-state index < -0.39 is 0 Å². The second kappa shape index (κ2) is 10.9. The highest BCUT2D eigenvalue weighted by Gasteiger charge is 2.26. The summed E-state index contributed by atoms with van der Waals surface area (Å²) in [6, 6.07) is 19.2. The van der Waals surface area contributed by atoms with Gasteiger partial charge in [-0.15, -0.1) is 21.5 Å². The molecule has 4 aromatic rings. The maximum absolute atomic E-state index is 13.2. The third-order valence-corrected chi connectivity index (χ3v) is 7.68. The van der Waals surface area contributed by atoms with Crippen molar-refractivity contribution in [3.63, 3.8) is 0 Å². The van der Waals surface area contributed by atoms with E-state index >= 15 is 0 Å². The van der Waals surface area contributed by atoms with Gasteiger partial charge in [0.25, 0.3) is 11.1 Å². The SMILES string of the molecule is O=C(CSc1nnc(Cc2ccccc2)o1)Nc1sc2c(c1C(=O)Nc1ccccc1)CCCC2. The van der Waals surface area contributed by atoms with Gasteiger partial charge in [0.2, 0.25) is 11.8 Å². The predicted molar refractivity (Wildman–Crippen MR) is 138 cm³/mol. The lowest BCUT2D eigenvalue weighted by Crippen LogP contribution is -2.19. The molecule has 1 aliphatic rings. The van der Waals surface area contributed by atoms with Gasteiger partial charge < -0.3 is 15.1 Å². The first-order chi connectivity index (χ1) is 17.2. The van der Waals surface area contributed by atoms with Gasteiger partial charge in [-0.3, -0.25) is 9.59 Å². The van der Waals surface area contributed by atoms with E-state index in [9.17, 15) is 9.59 Å². The minimum absolute atomic E-state index is 0.106. The molecular formula is C26H24N4O3S2. The summed E-state index contributed by atoms with van der Waals surface area (Å²) < 4.78 is 5.68. The van der Waals surface area contributed by atoms with Crippen LogP contribution in [0, 0.1) is 0 Å². The summed E-state index contributed by atoms with van der Waals surface area (Å²) in [4.78, 5) is 27.2. The lowest BCUT2D eigenvalue weighted by atomic mass is 9.95. The Labute approximate surface area is 211 Å². The molecule has 35 heavy (non-hydrogen) atoms. The summed E-state index contributed by atoms with van der Waals surface area (Å²) in [6.45, 7) is 0. The lowest BCUT2D eigenvalue weighted by molar-refractivity contribution is -0.113. The third-order valence-electron chi connectivity index (χ3n) is 5.66. The van der Waals surface area contributed by atoms with Crippen LogP contribution in [-0.4, -0.2) is 27.8 Å². The van der Waals surface area contributed by atoms with Crippen molar-refractivity contribution in [2.45, 2.75) is 37.3 Å². The second-order valence-corrected chi connectivity index (χ2v) is 10.2. The molecule has 0 saturated heterocycles. The second-order valence-electron chi connectivity index (χ2n) is 8.20. The average Bonchev–Trinajstić information content (AvgIpc) is 3.47. The van der Waals surface area contributed by atoms with Gasteiger partial charge in [0, 0.05) is 10.6 Å². The number of aryl methyl sites for hydroxylation is 1. The van der Waals surface area contributed by atoms with E-state index in [4.69, 9.17) is 4.42 Å². The number of thioether (sulfide) groups is 1. The van der Waals surface area contributed by atoms with Crippen LogP contribution in [0.25, 0.3) is 0 Å². The maximum Gasteiger partial charge on any atom is 0.277 e. The summed E-state index contributed by atoms with van der Waals surface area (Å²) in [5.74, 6) is 0.200. The number of thiophene rings is 1. The molecule has 178 valence electrons. The molecule has 0 spiro atoms. The number of nitrogens with one attached hydrogen (secondary N) is 2. The first-order valence-corrected chi connectivity index (χ1v) is 13.3. The number of rotatable bonds is 8. The van der Waals surface area contributed by atoms with Crippen LogP contribution >= 0.6 is 23.1 Å². The standard InChI is InChI=1S/C26H24N4O3S2/c31-21(16-34-26-30-29-22(33-26)15-17-9-3-1-4-10-17)28-25-23(19-13-7-8-14-20(19)35-25)24(32)27-18-11-5-2-6-12-18/h1-6,9-12H,7-8,13-16H2,(H,27,32)(H,28,31). The Morgan fingerprint density at radius 3 is 2.49 bits per heavy atom. The topological polar surface area (TPSA) is 97.1 Å². The van der Waals surface area contributed by atoms with Gasteiger partial charge in [0.1, 0.15) is 5.00 Å². The van der Waals surface area contributed by atoms with Gasteiger partial charge in [-0.25, -0.2) is 0 Å². The Bertz CT molecular complexity index is 1320. The fourth-order valence-corrected chi connectivity index (χ4v) is 5.92. The van der Waals surface area contributed by atoms with Crippen LogP contribution in [0.2, 0.25) is 0 Å². The minimum atomic E-state index is -0.217. The maximum atomic E-state index is 13.2. The van der Waals surface area contributed by atoms with E-state index in [-0.39, 0.29) is 17.6 Å². The normalized spacial score (nSPS) is 12.7. The van der Waals surface area contributed by atoms with E-state index in [0.717, 1.165) is 42.5 Å². The summed E-state index contributed by atoms with van der Waals surface area (Å²) in [6.07, 6.45) is 4.46. The zero-order chi connectivity index (χ0) is 24.0. The molecule has 0 radical (unpaired) electrons. The summed E-state index contributed by atoms with van der Waals surface area (Å²) >= 11 is 2.69. The molecule has 0 fully saturated rings. The molecule has 2 N–H and O–H groups in total. The monoisotopic (exact) mass is 504 g/mol. The number of amides is 2. The highest BCUT2D eigenvalue weighted by atomic mass is 32.2. The average molecular weight is 505 g/mol. The largest absolute Gasteiger partial charge is 0.416 e. The Hall–Kier alpha value is -3.43. The molecule has 2 heterocycles. The van der Waals surface area contributed by atoms with Gasteiger partial charge in [-0.1, -0.05) is 60.3 Å². The van der Waals surface area contributed by atoms with Crippen molar-refractivity contribution in [2.75, 3.05) is 16.4 Å². The predicted octanol–water partition coefficient (Wildman–Crippen LogP) is 5.58. The van der Waals surface area contributed by atoms with Gasteiger partial charge in [0.15, 0.2) is 0 Å². The summed E-state index contributed by atoms with van der Waals surface area (Å²) in [7, 11) is 0. The molecule has 0 saturated carbocycles. The molecule has 2 aromatic carbocycles.